The molecule has 0 bridgehead atoms. The van der Waals surface area contributed by atoms with E-state index in [0.29, 0.717) is 10.7 Å². The standard InChI is InChI=1S/C10H7N3O2S2/c1-5-7(9(14)15)13-10(11-5)17-8(12-13)6-3-2-4-16-6/h2-4H,1H3,(H,14,15). The van der Waals surface area contributed by atoms with Gasteiger partial charge in [-0.3, -0.25) is 0 Å². The van der Waals surface area contributed by atoms with E-state index >= 15 is 0 Å². The zero-order chi connectivity index (χ0) is 12.0. The fourth-order valence-corrected chi connectivity index (χ4v) is 3.33. The van der Waals surface area contributed by atoms with E-state index in [9.17, 15) is 4.79 Å². The van der Waals surface area contributed by atoms with Gasteiger partial charge in [0.15, 0.2) is 10.7 Å². The monoisotopic (exact) mass is 265 g/mol. The fraction of sp³-hybridized carbons (Fsp3) is 0.100. The number of aromatic carboxylic acids is 1. The molecule has 0 saturated carbocycles. The van der Waals surface area contributed by atoms with Crippen LogP contribution in [-0.2, 0) is 0 Å². The minimum atomic E-state index is -1.00. The molecular formula is C10H7N3O2S2. The molecule has 3 rings (SSSR count). The van der Waals surface area contributed by atoms with Crippen LogP contribution in [0.2, 0.25) is 0 Å². The molecule has 3 heterocycles. The van der Waals surface area contributed by atoms with Gasteiger partial charge in [-0.1, -0.05) is 17.4 Å². The normalized spacial score (nSPS) is 11.1. The number of carboxylic acids is 1. The molecule has 17 heavy (non-hydrogen) atoms. The van der Waals surface area contributed by atoms with Crippen LogP contribution in [0.4, 0.5) is 0 Å². The maximum Gasteiger partial charge on any atom is 0.356 e. The van der Waals surface area contributed by atoms with E-state index in [1.807, 2.05) is 17.5 Å². The highest BCUT2D eigenvalue weighted by Crippen LogP contribution is 2.30. The van der Waals surface area contributed by atoms with Crippen molar-refractivity contribution >= 4 is 33.6 Å². The van der Waals surface area contributed by atoms with Gasteiger partial charge >= 0.3 is 5.97 Å². The van der Waals surface area contributed by atoms with E-state index in [0.717, 1.165) is 9.88 Å². The van der Waals surface area contributed by atoms with Gasteiger partial charge < -0.3 is 5.11 Å². The zero-order valence-electron chi connectivity index (χ0n) is 8.75. The van der Waals surface area contributed by atoms with E-state index in [4.69, 9.17) is 5.11 Å². The Hall–Kier alpha value is -1.73. The second kappa shape index (κ2) is 3.64. The summed E-state index contributed by atoms with van der Waals surface area (Å²) in [4.78, 5) is 16.9. The summed E-state index contributed by atoms with van der Waals surface area (Å²) in [5.41, 5.74) is 0.632. The summed E-state index contributed by atoms with van der Waals surface area (Å²) in [5, 5.41) is 16.2. The highest BCUT2D eigenvalue weighted by Gasteiger charge is 2.19. The average Bonchev–Trinajstić information content (AvgIpc) is 2.88. The van der Waals surface area contributed by atoms with E-state index in [1.54, 1.807) is 18.3 Å². The molecule has 0 saturated heterocycles. The van der Waals surface area contributed by atoms with Gasteiger partial charge in [0.2, 0.25) is 4.96 Å². The lowest BCUT2D eigenvalue weighted by Gasteiger charge is -1.91. The van der Waals surface area contributed by atoms with Crippen molar-refractivity contribution < 1.29 is 9.90 Å². The topological polar surface area (TPSA) is 67.5 Å². The van der Waals surface area contributed by atoms with Crippen molar-refractivity contribution in [2.24, 2.45) is 0 Å². The number of carboxylic acid groups (broad SMARTS) is 1. The quantitative estimate of drug-likeness (QED) is 0.773. The lowest BCUT2D eigenvalue weighted by Crippen LogP contribution is -2.04. The maximum atomic E-state index is 11.1. The van der Waals surface area contributed by atoms with Crippen LogP contribution in [0.15, 0.2) is 17.5 Å². The Morgan fingerprint density at radius 3 is 3.00 bits per heavy atom. The van der Waals surface area contributed by atoms with Crippen LogP contribution in [0.5, 0.6) is 0 Å². The van der Waals surface area contributed by atoms with E-state index in [2.05, 4.69) is 10.1 Å². The van der Waals surface area contributed by atoms with Gasteiger partial charge in [-0.2, -0.15) is 9.61 Å². The first-order valence-corrected chi connectivity index (χ1v) is 6.50. The summed E-state index contributed by atoms with van der Waals surface area (Å²) >= 11 is 2.97. The number of aromatic nitrogens is 3. The van der Waals surface area contributed by atoms with Crippen molar-refractivity contribution in [2.45, 2.75) is 6.92 Å². The molecule has 5 nitrogen and oxygen atoms in total. The number of imidazole rings is 1. The van der Waals surface area contributed by atoms with Gasteiger partial charge in [0, 0.05) is 0 Å². The fourth-order valence-electron chi connectivity index (χ4n) is 1.59. The number of aryl methyl sites for hydroxylation is 1. The molecule has 0 radical (unpaired) electrons. The Balaban J connectivity index is 2.24. The van der Waals surface area contributed by atoms with Crippen LogP contribution in [-0.4, -0.2) is 25.7 Å². The number of fused-ring (bicyclic) bond motifs is 1. The largest absolute Gasteiger partial charge is 0.476 e. The molecule has 0 unspecified atom stereocenters. The van der Waals surface area contributed by atoms with E-state index in [-0.39, 0.29) is 5.69 Å². The third-order valence-electron chi connectivity index (χ3n) is 2.31. The summed E-state index contributed by atoms with van der Waals surface area (Å²) < 4.78 is 1.40. The Morgan fingerprint density at radius 1 is 1.53 bits per heavy atom. The number of thiophene rings is 1. The molecule has 0 atom stereocenters. The second-order valence-electron chi connectivity index (χ2n) is 3.43. The van der Waals surface area contributed by atoms with Crippen LogP contribution in [0.1, 0.15) is 16.2 Å². The summed E-state index contributed by atoms with van der Waals surface area (Å²) in [7, 11) is 0. The molecule has 0 aliphatic rings. The van der Waals surface area contributed by atoms with Crippen LogP contribution < -0.4 is 0 Å². The number of carbonyl (C=O) groups is 1. The Labute approximate surface area is 104 Å². The molecular weight excluding hydrogens is 258 g/mol. The van der Waals surface area contributed by atoms with Gasteiger partial charge in [-0.05, 0) is 18.4 Å². The lowest BCUT2D eigenvalue weighted by atomic mass is 10.3. The number of rotatable bonds is 2. The van der Waals surface area contributed by atoms with Crippen LogP contribution in [0.3, 0.4) is 0 Å². The van der Waals surface area contributed by atoms with E-state index in [1.165, 1.54) is 15.9 Å². The van der Waals surface area contributed by atoms with Crippen molar-refractivity contribution in [2.75, 3.05) is 0 Å². The first-order chi connectivity index (χ1) is 8.16. The minimum absolute atomic E-state index is 0.138. The van der Waals surface area contributed by atoms with Gasteiger partial charge in [0.1, 0.15) is 0 Å². The molecule has 3 aromatic heterocycles. The first kappa shape index (κ1) is 10.4. The molecule has 1 N–H and O–H groups in total. The highest BCUT2D eigenvalue weighted by molar-refractivity contribution is 7.23. The molecule has 0 spiro atoms. The molecule has 0 amide bonds. The van der Waals surface area contributed by atoms with E-state index < -0.39 is 5.97 Å². The highest BCUT2D eigenvalue weighted by atomic mass is 32.1. The van der Waals surface area contributed by atoms with Crippen molar-refractivity contribution in [1.29, 1.82) is 0 Å². The molecule has 0 aromatic carbocycles. The van der Waals surface area contributed by atoms with Crippen LogP contribution >= 0.6 is 22.7 Å². The average molecular weight is 265 g/mol. The Morgan fingerprint density at radius 2 is 2.35 bits per heavy atom. The van der Waals surface area contributed by atoms with Crippen molar-refractivity contribution in [1.82, 2.24) is 14.6 Å². The molecule has 86 valence electrons. The third kappa shape index (κ3) is 1.55. The Bertz CT molecular complexity index is 697. The third-order valence-corrected chi connectivity index (χ3v) is 4.26. The summed E-state index contributed by atoms with van der Waals surface area (Å²) in [6.07, 6.45) is 0. The van der Waals surface area contributed by atoms with Gasteiger partial charge in [0.05, 0.1) is 10.6 Å². The molecule has 0 aliphatic heterocycles. The number of nitrogens with zero attached hydrogens (tertiary/aromatic N) is 3. The SMILES string of the molecule is Cc1nc2sc(-c3cccs3)nn2c1C(=O)O. The summed E-state index contributed by atoms with van der Waals surface area (Å²) in [6, 6.07) is 3.89. The predicted octanol–water partition coefficient (Wildman–Crippen LogP) is 2.53. The predicted molar refractivity (Wildman–Crippen MR) is 65.9 cm³/mol. The van der Waals surface area contributed by atoms with Crippen molar-refractivity contribution in [3.63, 3.8) is 0 Å². The Kier molecular flexibility index (Phi) is 2.23. The zero-order valence-corrected chi connectivity index (χ0v) is 10.4. The van der Waals surface area contributed by atoms with Gasteiger partial charge in [0.25, 0.3) is 0 Å². The molecule has 7 heteroatoms. The number of hydrogen-bond donors (Lipinski definition) is 1. The summed E-state index contributed by atoms with van der Waals surface area (Å²) in [6.45, 7) is 1.68. The van der Waals surface area contributed by atoms with Crippen molar-refractivity contribution in [3.8, 4) is 9.88 Å². The molecule has 0 fully saturated rings. The smallest absolute Gasteiger partial charge is 0.356 e. The van der Waals surface area contributed by atoms with Crippen molar-refractivity contribution in [3.05, 3.63) is 28.9 Å². The maximum absolute atomic E-state index is 11.1. The van der Waals surface area contributed by atoms with Gasteiger partial charge in [-0.25, -0.2) is 9.78 Å². The minimum Gasteiger partial charge on any atom is -0.476 e. The molecule has 3 aromatic rings. The lowest BCUT2D eigenvalue weighted by molar-refractivity contribution is 0.0687. The van der Waals surface area contributed by atoms with Crippen LogP contribution in [0.25, 0.3) is 14.8 Å². The number of hydrogen-bond acceptors (Lipinski definition) is 5. The van der Waals surface area contributed by atoms with Crippen LogP contribution in [0, 0.1) is 6.92 Å². The molecule has 0 aliphatic carbocycles. The second-order valence-corrected chi connectivity index (χ2v) is 5.33. The first-order valence-electron chi connectivity index (χ1n) is 4.80. The van der Waals surface area contributed by atoms with Gasteiger partial charge in [-0.15, -0.1) is 11.3 Å². The summed E-state index contributed by atoms with van der Waals surface area (Å²) in [5.74, 6) is -1.00.